The summed E-state index contributed by atoms with van der Waals surface area (Å²) >= 11 is 6.31. The molecule has 1 unspecified atom stereocenters. The molecule has 0 fully saturated rings. The molecule has 0 bridgehead atoms. The normalized spacial score (nSPS) is 15.7. The summed E-state index contributed by atoms with van der Waals surface area (Å²) in [5.74, 6) is -0.613. The summed E-state index contributed by atoms with van der Waals surface area (Å²) in [5.41, 5.74) is 1.07. The van der Waals surface area contributed by atoms with Gasteiger partial charge < -0.3 is 20.1 Å². The largest absolute Gasteiger partial charge is 0.357 e. The molecule has 1 aromatic carbocycles. The van der Waals surface area contributed by atoms with E-state index in [0.717, 1.165) is 18.7 Å². The minimum atomic E-state index is -0.733. The standard InChI is InChI=1S/C22H29ClFN5O2/c1-22(2,3)18(21(31)25-4)27-20(30)17-16-12-28(5)9-6-10-29(16)19(26-17)14-8-7-13(24)11-15(14)23/h7-8,11,18H,6,9-10,12H2,1-5H3,(H,25,31)(H,27,30). The molecule has 168 valence electrons. The van der Waals surface area contributed by atoms with Crippen LogP contribution in [0, 0.1) is 11.2 Å². The van der Waals surface area contributed by atoms with Crippen molar-refractivity contribution in [2.45, 2.75) is 46.3 Å². The van der Waals surface area contributed by atoms with Gasteiger partial charge in [0.2, 0.25) is 5.91 Å². The lowest BCUT2D eigenvalue weighted by Crippen LogP contribution is -2.53. The van der Waals surface area contributed by atoms with Crippen LogP contribution in [0.1, 0.15) is 43.4 Å². The number of likely N-dealkylation sites (N-methyl/N-ethyl adjacent to an activating group) is 1. The van der Waals surface area contributed by atoms with E-state index in [9.17, 15) is 14.0 Å². The molecule has 3 rings (SSSR count). The Bertz CT molecular complexity index is 999. The summed E-state index contributed by atoms with van der Waals surface area (Å²) in [7, 11) is 3.52. The van der Waals surface area contributed by atoms with Crippen molar-refractivity contribution in [3.05, 3.63) is 40.4 Å². The second-order valence-electron chi connectivity index (χ2n) is 8.98. The van der Waals surface area contributed by atoms with Crippen molar-refractivity contribution >= 4 is 23.4 Å². The molecule has 2 aromatic rings. The van der Waals surface area contributed by atoms with Crippen LogP contribution in [0.3, 0.4) is 0 Å². The summed E-state index contributed by atoms with van der Waals surface area (Å²) in [6.45, 7) is 7.70. The van der Waals surface area contributed by atoms with E-state index < -0.39 is 23.2 Å². The summed E-state index contributed by atoms with van der Waals surface area (Å²) in [5, 5.41) is 5.70. The van der Waals surface area contributed by atoms with Crippen molar-refractivity contribution in [1.29, 1.82) is 0 Å². The van der Waals surface area contributed by atoms with Crippen LogP contribution in [0.25, 0.3) is 11.4 Å². The molecule has 1 aliphatic rings. The molecule has 0 spiro atoms. The first-order valence-corrected chi connectivity index (χ1v) is 10.7. The Balaban J connectivity index is 2.08. The number of nitrogens with zero attached hydrogens (tertiary/aromatic N) is 3. The maximum atomic E-state index is 13.6. The molecule has 1 atom stereocenters. The maximum Gasteiger partial charge on any atom is 0.272 e. The first-order chi connectivity index (χ1) is 14.5. The van der Waals surface area contributed by atoms with E-state index in [1.807, 2.05) is 32.4 Å². The minimum Gasteiger partial charge on any atom is -0.357 e. The monoisotopic (exact) mass is 449 g/mol. The Labute approximate surface area is 187 Å². The first-order valence-electron chi connectivity index (χ1n) is 10.3. The van der Waals surface area contributed by atoms with Gasteiger partial charge in [0.05, 0.1) is 10.7 Å². The number of hydrogen-bond acceptors (Lipinski definition) is 4. The summed E-state index contributed by atoms with van der Waals surface area (Å²) in [6, 6.07) is 3.41. The van der Waals surface area contributed by atoms with Gasteiger partial charge in [-0.15, -0.1) is 0 Å². The van der Waals surface area contributed by atoms with Gasteiger partial charge in [-0.1, -0.05) is 32.4 Å². The fourth-order valence-electron chi connectivity index (χ4n) is 3.80. The zero-order valence-electron chi connectivity index (χ0n) is 18.6. The number of aromatic nitrogens is 2. The van der Waals surface area contributed by atoms with Crippen LogP contribution in [0.15, 0.2) is 18.2 Å². The van der Waals surface area contributed by atoms with Gasteiger partial charge in [0.15, 0.2) is 5.69 Å². The van der Waals surface area contributed by atoms with E-state index in [4.69, 9.17) is 11.6 Å². The molecular formula is C22H29ClFN5O2. The number of carbonyl (C=O) groups is 2. The highest BCUT2D eigenvalue weighted by Crippen LogP contribution is 2.32. The smallest absolute Gasteiger partial charge is 0.272 e. The lowest BCUT2D eigenvalue weighted by molar-refractivity contribution is -0.124. The molecule has 31 heavy (non-hydrogen) atoms. The Morgan fingerprint density at radius 3 is 2.58 bits per heavy atom. The molecule has 2 N–H and O–H groups in total. The van der Waals surface area contributed by atoms with Gasteiger partial charge in [-0.25, -0.2) is 9.37 Å². The second kappa shape index (κ2) is 8.96. The Hall–Kier alpha value is -2.45. The third-order valence-corrected chi connectivity index (χ3v) is 5.76. The fourth-order valence-corrected chi connectivity index (χ4v) is 4.05. The van der Waals surface area contributed by atoms with Crippen molar-refractivity contribution in [3.63, 3.8) is 0 Å². The number of benzene rings is 1. The van der Waals surface area contributed by atoms with Gasteiger partial charge in [0.1, 0.15) is 17.7 Å². The number of halogens is 2. The first kappa shape index (κ1) is 23.2. The Kier molecular flexibility index (Phi) is 6.71. The topological polar surface area (TPSA) is 79.3 Å². The molecule has 7 nitrogen and oxygen atoms in total. The van der Waals surface area contributed by atoms with Crippen LogP contribution in [-0.4, -0.2) is 52.9 Å². The summed E-state index contributed by atoms with van der Waals surface area (Å²) < 4.78 is 15.6. The Morgan fingerprint density at radius 2 is 1.97 bits per heavy atom. The average Bonchev–Trinajstić information content (AvgIpc) is 2.90. The molecule has 0 aliphatic carbocycles. The molecule has 0 saturated heterocycles. The van der Waals surface area contributed by atoms with Crippen molar-refractivity contribution in [3.8, 4) is 11.4 Å². The minimum absolute atomic E-state index is 0.232. The van der Waals surface area contributed by atoms with E-state index in [0.29, 0.717) is 24.5 Å². The highest BCUT2D eigenvalue weighted by atomic mass is 35.5. The van der Waals surface area contributed by atoms with Gasteiger partial charge in [-0.2, -0.15) is 0 Å². The average molecular weight is 450 g/mol. The number of hydrogen-bond donors (Lipinski definition) is 2. The van der Waals surface area contributed by atoms with Gasteiger partial charge in [0.25, 0.3) is 5.91 Å². The second-order valence-corrected chi connectivity index (χ2v) is 9.39. The quantitative estimate of drug-likeness (QED) is 0.751. The maximum absolute atomic E-state index is 13.6. The number of rotatable bonds is 4. The van der Waals surface area contributed by atoms with E-state index in [-0.39, 0.29) is 16.6 Å². The van der Waals surface area contributed by atoms with E-state index in [1.165, 1.54) is 12.1 Å². The summed E-state index contributed by atoms with van der Waals surface area (Å²) in [6.07, 6.45) is 0.871. The van der Waals surface area contributed by atoms with Crippen LogP contribution in [0.5, 0.6) is 0 Å². The molecule has 2 amide bonds. The number of imidazole rings is 1. The van der Waals surface area contributed by atoms with Crippen molar-refractivity contribution in [1.82, 2.24) is 25.1 Å². The summed E-state index contributed by atoms with van der Waals surface area (Å²) in [4.78, 5) is 32.5. The number of amides is 2. The lowest BCUT2D eigenvalue weighted by atomic mass is 9.86. The predicted octanol–water partition coefficient (Wildman–Crippen LogP) is 3.07. The van der Waals surface area contributed by atoms with Crippen LogP contribution in [0.4, 0.5) is 4.39 Å². The molecule has 0 saturated carbocycles. The van der Waals surface area contributed by atoms with Gasteiger partial charge >= 0.3 is 0 Å². The highest BCUT2D eigenvalue weighted by Gasteiger charge is 2.34. The number of nitrogens with one attached hydrogen (secondary N) is 2. The van der Waals surface area contributed by atoms with E-state index in [2.05, 4.69) is 20.5 Å². The Morgan fingerprint density at radius 1 is 1.26 bits per heavy atom. The van der Waals surface area contributed by atoms with Crippen LogP contribution < -0.4 is 10.6 Å². The van der Waals surface area contributed by atoms with E-state index in [1.54, 1.807) is 13.1 Å². The highest BCUT2D eigenvalue weighted by molar-refractivity contribution is 6.33. The van der Waals surface area contributed by atoms with Gasteiger partial charge in [-0.3, -0.25) is 9.59 Å². The third kappa shape index (κ3) is 4.91. The van der Waals surface area contributed by atoms with Gasteiger partial charge in [0, 0.05) is 25.7 Å². The van der Waals surface area contributed by atoms with E-state index >= 15 is 0 Å². The van der Waals surface area contributed by atoms with Crippen molar-refractivity contribution in [2.24, 2.45) is 5.41 Å². The lowest BCUT2D eigenvalue weighted by Gasteiger charge is -2.29. The van der Waals surface area contributed by atoms with Crippen LogP contribution in [-0.2, 0) is 17.9 Å². The number of carbonyl (C=O) groups excluding carboxylic acids is 2. The molecule has 2 heterocycles. The number of fused-ring (bicyclic) bond motifs is 1. The zero-order chi connectivity index (χ0) is 22.9. The fraction of sp³-hybridized carbons (Fsp3) is 0.500. The van der Waals surface area contributed by atoms with Crippen molar-refractivity contribution in [2.75, 3.05) is 20.6 Å². The van der Waals surface area contributed by atoms with Crippen LogP contribution in [0.2, 0.25) is 5.02 Å². The molecular weight excluding hydrogens is 421 g/mol. The molecule has 1 aromatic heterocycles. The predicted molar refractivity (Wildman–Crippen MR) is 118 cm³/mol. The molecule has 0 radical (unpaired) electrons. The SMILES string of the molecule is CNC(=O)C(NC(=O)c1nc(-c2ccc(F)cc2Cl)n2c1CN(C)CCC2)C(C)(C)C. The molecule has 1 aliphatic heterocycles. The van der Waals surface area contributed by atoms with Crippen LogP contribution >= 0.6 is 11.6 Å². The van der Waals surface area contributed by atoms with Crippen molar-refractivity contribution < 1.29 is 14.0 Å². The van der Waals surface area contributed by atoms with Gasteiger partial charge in [-0.05, 0) is 43.6 Å². The zero-order valence-corrected chi connectivity index (χ0v) is 19.3. The third-order valence-electron chi connectivity index (χ3n) is 5.45. The molecule has 9 heteroatoms.